The number of likely N-dealkylation sites (tertiary alicyclic amines) is 1. The highest BCUT2D eigenvalue weighted by Gasteiger charge is 2.28. The Bertz CT molecular complexity index is 681. The summed E-state index contributed by atoms with van der Waals surface area (Å²) >= 11 is 5.96. The van der Waals surface area contributed by atoms with E-state index in [1.54, 1.807) is 0 Å². The Hall–Kier alpha value is -1.81. The van der Waals surface area contributed by atoms with Crippen molar-refractivity contribution in [3.05, 3.63) is 47.0 Å². The fourth-order valence-corrected chi connectivity index (χ4v) is 4.20. The number of rotatable bonds is 6. The lowest BCUT2D eigenvalue weighted by atomic mass is 9.89. The molecule has 4 nitrogen and oxygen atoms in total. The lowest BCUT2D eigenvalue weighted by molar-refractivity contribution is -0.137. The summed E-state index contributed by atoms with van der Waals surface area (Å²) < 4.78 is 0. The second-order valence-corrected chi connectivity index (χ2v) is 8.13. The van der Waals surface area contributed by atoms with Gasteiger partial charge in [0.2, 0.25) is 11.8 Å². The van der Waals surface area contributed by atoms with Gasteiger partial charge in [0, 0.05) is 37.0 Å². The molecule has 1 N–H and O–H groups in total. The van der Waals surface area contributed by atoms with E-state index in [0.29, 0.717) is 29.8 Å². The summed E-state index contributed by atoms with van der Waals surface area (Å²) in [5.74, 6) is 1.14. The smallest absolute Gasteiger partial charge is 0.226 e. The van der Waals surface area contributed by atoms with Gasteiger partial charge < -0.3 is 10.2 Å². The van der Waals surface area contributed by atoms with Crippen molar-refractivity contribution in [1.82, 2.24) is 10.2 Å². The summed E-state index contributed by atoms with van der Waals surface area (Å²) in [6.45, 7) is 2.20. The predicted octanol–water partition coefficient (Wildman–Crippen LogP) is 4.33. The second kappa shape index (κ2) is 9.93. The van der Waals surface area contributed by atoms with Crippen LogP contribution in [0.4, 0.5) is 0 Å². The number of piperidine rings is 1. The molecule has 1 aromatic carbocycles. The largest absolute Gasteiger partial charge is 0.352 e. The summed E-state index contributed by atoms with van der Waals surface area (Å²) in [4.78, 5) is 26.7. The molecule has 0 saturated carbocycles. The first kappa shape index (κ1) is 19.9. The molecule has 0 unspecified atom stereocenters. The minimum atomic E-state index is 0.0856. The van der Waals surface area contributed by atoms with E-state index in [1.165, 1.54) is 0 Å². The first-order valence-corrected chi connectivity index (χ1v) is 10.4. The van der Waals surface area contributed by atoms with Crippen LogP contribution in [0.5, 0.6) is 0 Å². The van der Waals surface area contributed by atoms with Crippen molar-refractivity contribution in [3.63, 3.8) is 0 Å². The maximum absolute atomic E-state index is 12.6. The number of halogens is 1. The fraction of sp³-hybridized carbons (Fsp3) is 0.545. The van der Waals surface area contributed by atoms with E-state index in [4.69, 9.17) is 11.6 Å². The van der Waals surface area contributed by atoms with Crippen LogP contribution in [0.25, 0.3) is 0 Å². The minimum Gasteiger partial charge on any atom is -0.352 e. The average Bonchev–Trinajstić information content (AvgIpc) is 2.71. The van der Waals surface area contributed by atoms with Gasteiger partial charge in [-0.25, -0.2) is 0 Å². The lowest BCUT2D eigenvalue weighted by Gasteiger charge is -2.34. The van der Waals surface area contributed by atoms with Gasteiger partial charge in [-0.05, 0) is 62.1 Å². The maximum atomic E-state index is 12.6. The molecule has 1 aliphatic heterocycles. The van der Waals surface area contributed by atoms with Crippen LogP contribution in [0, 0.1) is 11.8 Å². The second-order valence-electron chi connectivity index (χ2n) is 7.70. The molecular weight excluding hydrogens is 360 g/mol. The fourth-order valence-electron chi connectivity index (χ4n) is 3.99. The zero-order valence-corrected chi connectivity index (χ0v) is 16.6. The molecule has 2 aliphatic rings. The Morgan fingerprint density at radius 1 is 1.15 bits per heavy atom. The van der Waals surface area contributed by atoms with Crippen molar-refractivity contribution in [2.24, 2.45) is 11.8 Å². The molecule has 0 spiro atoms. The molecule has 5 heteroatoms. The van der Waals surface area contributed by atoms with Crippen LogP contribution in [0.2, 0.25) is 5.02 Å². The van der Waals surface area contributed by atoms with Crippen LogP contribution in [0.1, 0.15) is 50.5 Å². The predicted molar refractivity (Wildman–Crippen MR) is 108 cm³/mol. The van der Waals surface area contributed by atoms with Crippen LogP contribution in [-0.4, -0.2) is 29.8 Å². The Morgan fingerprint density at radius 3 is 2.67 bits per heavy atom. The molecule has 1 aromatic rings. The van der Waals surface area contributed by atoms with Gasteiger partial charge in [-0.1, -0.05) is 35.9 Å². The third-order valence-corrected chi connectivity index (χ3v) is 5.94. The number of hydrogen-bond donors (Lipinski definition) is 1. The number of hydrogen-bond acceptors (Lipinski definition) is 2. The van der Waals surface area contributed by atoms with E-state index in [1.807, 2.05) is 29.2 Å². The number of amides is 2. The molecular formula is C22H29ClN2O2. The van der Waals surface area contributed by atoms with E-state index < -0.39 is 0 Å². The SMILES string of the molecule is O=C(CCC1CCN(C(=O)[C@@H]2CC=CCC2)CC1)NCc1cccc(Cl)c1. The van der Waals surface area contributed by atoms with Gasteiger partial charge >= 0.3 is 0 Å². The highest BCUT2D eigenvalue weighted by molar-refractivity contribution is 6.30. The highest BCUT2D eigenvalue weighted by Crippen LogP contribution is 2.26. The zero-order chi connectivity index (χ0) is 19.1. The van der Waals surface area contributed by atoms with Gasteiger partial charge in [0.1, 0.15) is 0 Å². The van der Waals surface area contributed by atoms with Gasteiger partial charge in [-0.2, -0.15) is 0 Å². The molecule has 2 amide bonds. The Balaban J connectivity index is 1.33. The zero-order valence-electron chi connectivity index (χ0n) is 15.8. The molecule has 3 rings (SSSR count). The Labute approximate surface area is 167 Å². The van der Waals surface area contributed by atoms with Crippen LogP contribution < -0.4 is 5.32 Å². The lowest BCUT2D eigenvalue weighted by Crippen LogP contribution is -2.42. The minimum absolute atomic E-state index is 0.0856. The number of allylic oxidation sites excluding steroid dienone is 2. The monoisotopic (exact) mass is 388 g/mol. The number of carbonyl (C=O) groups excluding carboxylic acids is 2. The van der Waals surface area contributed by atoms with E-state index in [0.717, 1.165) is 57.2 Å². The molecule has 0 bridgehead atoms. The van der Waals surface area contributed by atoms with Gasteiger partial charge in [-0.15, -0.1) is 0 Å². The first-order chi connectivity index (χ1) is 13.1. The standard InChI is InChI=1S/C22H29ClN2O2/c23-20-8-4-5-18(15-20)16-24-21(26)10-9-17-11-13-25(14-12-17)22(27)19-6-2-1-3-7-19/h1-2,4-5,8,15,17,19H,3,6-7,9-14,16H2,(H,24,26)/t19-/m1/s1. The van der Waals surface area contributed by atoms with Gasteiger partial charge in [0.05, 0.1) is 0 Å². The number of benzene rings is 1. The molecule has 27 heavy (non-hydrogen) atoms. The molecule has 1 aliphatic carbocycles. The van der Waals surface area contributed by atoms with Gasteiger partial charge in [0.25, 0.3) is 0 Å². The van der Waals surface area contributed by atoms with Crippen molar-refractivity contribution < 1.29 is 9.59 Å². The summed E-state index contributed by atoms with van der Waals surface area (Å²) in [6.07, 6.45) is 10.7. The van der Waals surface area contributed by atoms with E-state index in [-0.39, 0.29) is 11.8 Å². The van der Waals surface area contributed by atoms with Crippen molar-refractivity contribution in [3.8, 4) is 0 Å². The molecule has 1 fully saturated rings. The Morgan fingerprint density at radius 2 is 1.96 bits per heavy atom. The first-order valence-electron chi connectivity index (χ1n) is 10.1. The topological polar surface area (TPSA) is 49.4 Å². The summed E-state index contributed by atoms with van der Waals surface area (Å²) in [5, 5.41) is 3.65. The Kier molecular flexibility index (Phi) is 7.33. The van der Waals surface area contributed by atoms with Gasteiger partial charge in [-0.3, -0.25) is 9.59 Å². The normalized spacial score (nSPS) is 20.5. The highest BCUT2D eigenvalue weighted by atomic mass is 35.5. The number of nitrogens with one attached hydrogen (secondary N) is 1. The summed E-state index contributed by atoms with van der Waals surface area (Å²) in [7, 11) is 0. The van der Waals surface area contributed by atoms with Crippen LogP contribution in [0.15, 0.2) is 36.4 Å². The molecule has 1 atom stereocenters. The molecule has 146 valence electrons. The van der Waals surface area contributed by atoms with Crippen molar-refractivity contribution >= 4 is 23.4 Å². The van der Waals surface area contributed by atoms with E-state index in [2.05, 4.69) is 17.5 Å². The maximum Gasteiger partial charge on any atom is 0.226 e. The van der Waals surface area contributed by atoms with Gasteiger partial charge in [0.15, 0.2) is 0 Å². The third kappa shape index (κ3) is 6.10. The van der Waals surface area contributed by atoms with Crippen LogP contribution >= 0.6 is 11.6 Å². The number of nitrogens with zero attached hydrogens (tertiary/aromatic N) is 1. The van der Waals surface area contributed by atoms with E-state index in [9.17, 15) is 9.59 Å². The average molecular weight is 389 g/mol. The quantitative estimate of drug-likeness (QED) is 0.737. The van der Waals surface area contributed by atoms with Crippen molar-refractivity contribution in [2.75, 3.05) is 13.1 Å². The summed E-state index contributed by atoms with van der Waals surface area (Å²) in [5.41, 5.74) is 1.01. The van der Waals surface area contributed by atoms with Crippen LogP contribution in [0.3, 0.4) is 0 Å². The number of carbonyl (C=O) groups is 2. The third-order valence-electron chi connectivity index (χ3n) is 5.70. The molecule has 1 saturated heterocycles. The molecule has 1 heterocycles. The van der Waals surface area contributed by atoms with Crippen LogP contribution in [-0.2, 0) is 16.1 Å². The summed E-state index contributed by atoms with van der Waals surface area (Å²) in [6, 6.07) is 7.55. The van der Waals surface area contributed by atoms with Crippen molar-refractivity contribution in [2.45, 2.75) is 51.5 Å². The van der Waals surface area contributed by atoms with Crippen molar-refractivity contribution in [1.29, 1.82) is 0 Å². The molecule has 0 radical (unpaired) electrons. The van der Waals surface area contributed by atoms with E-state index >= 15 is 0 Å². The molecule has 0 aromatic heterocycles.